The van der Waals surface area contributed by atoms with Crippen LogP contribution in [-0.2, 0) is 6.42 Å². The second-order valence-electron chi connectivity index (χ2n) is 5.73. The van der Waals surface area contributed by atoms with Crippen LogP contribution in [0.5, 0.6) is 0 Å². The van der Waals surface area contributed by atoms with Crippen LogP contribution in [0.4, 0.5) is 10.1 Å². The van der Waals surface area contributed by atoms with Crippen molar-refractivity contribution in [3.8, 4) is 0 Å². The van der Waals surface area contributed by atoms with E-state index in [0.717, 1.165) is 24.9 Å². The summed E-state index contributed by atoms with van der Waals surface area (Å²) in [6, 6.07) is 13.4. The Balaban J connectivity index is 1.97. The molecule has 0 bridgehead atoms. The van der Waals surface area contributed by atoms with Crippen molar-refractivity contribution in [3.63, 3.8) is 0 Å². The van der Waals surface area contributed by atoms with Gasteiger partial charge in [-0.25, -0.2) is 4.39 Å². The van der Waals surface area contributed by atoms with E-state index in [-0.39, 0.29) is 11.9 Å². The topological polar surface area (TPSA) is 29.3 Å². The van der Waals surface area contributed by atoms with Crippen LogP contribution in [0.2, 0.25) is 0 Å². The van der Waals surface area contributed by atoms with Gasteiger partial charge in [0.1, 0.15) is 5.82 Å². The van der Waals surface area contributed by atoms with Gasteiger partial charge in [-0.15, -0.1) is 0 Å². The summed E-state index contributed by atoms with van der Waals surface area (Å²) in [6.07, 6.45) is 2.25. The maximum Gasteiger partial charge on any atom is 0.123 e. The first-order valence-corrected chi connectivity index (χ1v) is 7.51. The molecule has 2 aromatic carbocycles. The second kappa shape index (κ2) is 5.86. The zero-order valence-electron chi connectivity index (χ0n) is 12.3. The molecule has 2 aromatic rings. The van der Waals surface area contributed by atoms with E-state index in [2.05, 4.69) is 30.0 Å². The van der Waals surface area contributed by atoms with E-state index in [4.69, 9.17) is 5.73 Å². The number of anilines is 1. The molecule has 0 radical (unpaired) electrons. The molecular formula is C18H21FN2. The number of nitrogens with zero attached hydrogens (tertiary/aromatic N) is 1. The largest absolute Gasteiger partial charge is 0.363 e. The molecule has 1 unspecified atom stereocenters. The van der Waals surface area contributed by atoms with Crippen LogP contribution < -0.4 is 10.6 Å². The third-order valence-electron chi connectivity index (χ3n) is 4.24. The number of halogens is 1. The SMILES string of the molecule is Cc1ccc2c(c1)CCCN2C(CN)c1ccc(F)cc1. The quantitative estimate of drug-likeness (QED) is 0.933. The Morgan fingerprint density at radius 2 is 1.95 bits per heavy atom. The molecule has 0 spiro atoms. The fourth-order valence-corrected chi connectivity index (χ4v) is 3.21. The zero-order valence-corrected chi connectivity index (χ0v) is 12.3. The van der Waals surface area contributed by atoms with Crippen molar-refractivity contribution >= 4 is 5.69 Å². The first kappa shape index (κ1) is 14.1. The zero-order chi connectivity index (χ0) is 14.8. The molecule has 0 amide bonds. The van der Waals surface area contributed by atoms with Crippen LogP contribution in [0.15, 0.2) is 42.5 Å². The van der Waals surface area contributed by atoms with Gasteiger partial charge in [0, 0.05) is 18.8 Å². The van der Waals surface area contributed by atoms with Gasteiger partial charge in [0.2, 0.25) is 0 Å². The van der Waals surface area contributed by atoms with E-state index in [0.29, 0.717) is 6.54 Å². The second-order valence-corrected chi connectivity index (χ2v) is 5.73. The van der Waals surface area contributed by atoms with Crippen molar-refractivity contribution in [1.29, 1.82) is 0 Å². The van der Waals surface area contributed by atoms with Gasteiger partial charge in [0.15, 0.2) is 0 Å². The molecule has 1 aliphatic rings. The molecule has 1 atom stereocenters. The maximum atomic E-state index is 13.1. The third kappa shape index (κ3) is 2.79. The van der Waals surface area contributed by atoms with Gasteiger partial charge in [-0.2, -0.15) is 0 Å². The molecule has 110 valence electrons. The Hall–Kier alpha value is -1.87. The molecule has 0 aliphatic carbocycles. The number of fused-ring (bicyclic) bond motifs is 1. The minimum atomic E-state index is -0.204. The van der Waals surface area contributed by atoms with Crippen LogP contribution in [0.3, 0.4) is 0 Å². The van der Waals surface area contributed by atoms with E-state index in [1.165, 1.54) is 28.9 Å². The van der Waals surface area contributed by atoms with E-state index < -0.39 is 0 Å². The van der Waals surface area contributed by atoms with E-state index in [1.54, 1.807) is 0 Å². The molecule has 0 saturated heterocycles. The van der Waals surface area contributed by atoms with Gasteiger partial charge in [0.05, 0.1) is 6.04 Å². The molecule has 3 rings (SSSR count). The predicted molar refractivity (Wildman–Crippen MR) is 85.0 cm³/mol. The Bertz CT molecular complexity index is 622. The monoisotopic (exact) mass is 284 g/mol. The van der Waals surface area contributed by atoms with Crippen LogP contribution in [0.1, 0.15) is 29.2 Å². The van der Waals surface area contributed by atoms with Crippen molar-refractivity contribution in [2.24, 2.45) is 5.73 Å². The third-order valence-corrected chi connectivity index (χ3v) is 4.24. The van der Waals surface area contributed by atoms with E-state index >= 15 is 0 Å². The van der Waals surface area contributed by atoms with Gasteiger partial charge >= 0.3 is 0 Å². The summed E-state index contributed by atoms with van der Waals surface area (Å²) in [7, 11) is 0. The number of benzene rings is 2. The molecule has 2 N–H and O–H groups in total. The summed E-state index contributed by atoms with van der Waals surface area (Å²) in [5.74, 6) is -0.204. The molecule has 1 aliphatic heterocycles. The molecule has 0 fully saturated rings. The summed E-state index contributed by atoms with van der Waals surface area (Å²) in [6.45, 7) is 3.65. The summed E-state index contributed by atoms with van der Waals surface area (Å²) >= 11 is 0. The highest BCUT2D eigenvalue weighted by Gasteiger charge is 2.24. The summed E-state index contributed by atoms with van der Waals surface area (Å²) in [5, 5.41) is 0. The maximum absolute atomic E-state index is 13.1. The normalized spacial score (nSPS) is 15.7. The standard InChI is InChI=1S/C18H21FN2/c1-13-4-9-17-15(11-13)3-2-10-21(17)18(12-20)14-5-7-16(19)8-6-14/h4-9,11,18H,2-3,10,12,20H2,1H3. The van der Waals surface area contributed by atoms with Crippen LogP contribution in [0.25, 0.3) is 0 Å². The van der Waals surface area contributed by atoms with E-state index in [9.17, 15) is 4.39 Å². The minimum absolute atomic E-state index is 0.104. The Morgan fingerprint density at radius 1 is 1.19 bits per heavy atom. The lowest BCUT2D eigenvalue weighted by Gasteiger charge is -2.38. The van der Waals surface area contributed by atoms with Crippen molar-refractivity contribution in [3.05, 3.63) is 65.0 Å². The van der Waals surface area contributed by atoms with Gasteiger partial charge in [-0.3, -0.25) is 0 Å². The highest BCUT2D eigenvalue weighted by molar-refractivity contribution is 5.58. The number of aryl methyl sites for hydroxylation is 2. The predicted octanol–water partition coefficient (Wildman–Crippen LogP) is 3.59. The fourth-order valence-electron chi connectivity index (χ4n) is 3.21. The van der Waals surface area contributed by atoms with Gasteiger partial charge in [-0.05, 0) is 49.1 Å². The van der Waals surface area contributed by atoms with Crippen LogP contribution in [0, 0.1) is 12.7 Å². The summed E-state index contributed by atoms with van der Waals surface area (Å²) in [4.78, 5) is 2.37. The first-order valence-electron chi connectivity index (χ1n) is 7.51. The Morgan fingerprint density at radius 3 is 2.67 bits per heavy atom. The molecule has 2 nitrogen and oxygen atoms in total. The minimum Gasteiger partial charge on any atom is -0.363 e. The lowest BCUT2D eigenvalue weighted by Crippen LogP contribution is -2.37. The van der Waals surface area contributed by atoms with Crippen LogP contribution in [-0.4, -0.2) is 13.1 Å². The van der Waals surface area contributed by atoms with Crippen molar-refractivity contribution in [1.82, 2.24) is 0 Å². The first-order chi connectivity index (χ1) is 10.2. The number of hydrogen-bond donors (Lipinski definition) is 1. The van der Waals surface area contributed by atoms with Gasteiger partial charge in [-0.1, -0.05) is 29.8 Å². The number of hydrogen-bond acceptors (Lipinski definition) is 2. The van der Waals surface area contributed by atoms with Crippen molar-refractivity contribution < 1.29 is 4.39 Å². The Kier molecular flexibility index (Phi) is 3.93. The molecule has 1 heterocycles. The highest BCUT2D eigenvalue weighted by atomic mass is 19.1. The lowest BCUT2D eigenvalue weighted by molar-refractivity contribution is 0.583. The smallest absolute Gasteiger partial charge is 0.123 e. The van der Waals surface area contributed by atoms with Crippen LogP contribution >= 0.6 is 0 Å². The lowest BCUT2D eigenvalue weighted by atomic mass is 9.96. The molecule has 21 heavy (non-hydrogen) atoms. The fraction of sp³-hybridized carbons (Fsp3) is 0.333. The molecule has 0 aromatic heterocycles. The molecular weight excluding hydrogens is 263 g/mol. The molecule has 3 heteroatoms. The van der Waals surface area contributed by atoms with Crippen molar-refractivity contribution in [2.75, 3.05) is 18.0 Å². The average Bonchev–Trinajstić information content (AvgIpc) is 2.49. The summed E-state index contributed by atoms with van der Waals surface area (Å²) in [5.41, 5.74) is 11.1. The van der Waals surface area contributed by atoms with Gasteiger partial charge in [0.25, 0.3) is 0 Å². The van der Waals surface area contributed by atoms with Crippen molar-refractivity contribution in [2.45, 2.75) is 25.8 Å². The Labute approximate surface area is 125 Å². The number of nitrogens with two attached hydrogens (primary N) is 1. The van der Waals surface area contributed by atoms with E-state index in [1.807, 2.05) is 12.1 Å². The highest BCUT2D eigenvalue weighted by Crippen LogP contribution is 2.34. The van der Waals surface area contributed by atoms with Gasteiger partial charge < -0.3 is 10.6 Å². The average molecular weight is 284 g/mol. The number of rotatable bonds is 3. The molecule has 0 saturated carbocycles. The summed E-state index contributed by atoms with van der Waals surface area (Å²) < 4.78 is 13.1.